The van der Waals surface area contributed by atoms with Gasteiger partial charge in [-0.15, -0.1) is 10.2 Å². The second-order valence-electron chi connectivity index (χ2n) is 5.28. The molecule has 2 heterocycles. The molecule has 0 saturated carbocycles. The van der Waals surface area contributed by atoms with Crippen LogP contribution in [0.1, 0.15) is 15.9 Å². The van der Waals surface area contributed by atoms with Crippen LogP contribution in [0.15, 0.2) is 55.0 Å². The van der Waals surface area contributed by atoms with Crippen molar-refractivity contribution >= 4 is 11.6 Å². The molecule has 0 aliphatic carbocycles. The molecule has 5 nitrogen and oxygen atoms in total. The summed E-state index contributed by atoms with van der Waals surface area (Å²) in [5.41, 5.74) is 1.28. The molecule has 3 aromatic rings. The molecule has 8 heteroatoms. The minimum atomic E-state index is -4.48. The number of alkyl halides is 3. The quantitative estimate of drug-likeness (QED) is 0.737. The number of pyridine rings is 1. The Morgan fingerprint density at radius 1 is 1.12 bits per heavy atom. The Hall–Kier alpha value is -2.90. The number of hydrogen-bond donors (Lipinski definition) is 0. The maximum atomic E-state index is 12.9. The predicted octanol–water partition coefficient (Wildman–Crippen LogP) is 2.93. The normalized spacial score (nSPS) is 11.6. The number of halogens is 3. The van der Waals surface area contributed by atoms with Crippen LogP contribution >= 0.6 is 0 Å². The van der Waals surface area contributed by atoms with E-state index in [0.717, 1.165) is 4.90 Å². The van der Waals surface area contributed by atoms with Crippen molar-refractivity contribution in [3.63, 3.8) is 0 Å². The molecular formula is C16H13F3N4O. The summed E-state index contributed by atoms with van der Waals surface area (Å²) >= 11 is 0. The highest BCUT2D eigenvalue weighted by atomic mass is 19.4. The van der Waals surface area contributed by atoms with Crippen molar-refractivity contribution in [3.8, 4) is 0 Å². The van der Waals surface area contributed by atoms with E-state index < -0.39 is 18.6 Å². The number of carbonyl (C=O) groups is 1. The van der Waals surface area contributed by atoms with Crippen LogP contribution in [0.5, 0.6) is 0 Å². The van der Waals surface area contributed by atoms with Gasteiger partial charge in [-0.3, -0.25) is 9.20 Å². The zero-order valence-electron chi connectivity index (χ0n) is 12.4. The Morgan fingerprint density at radius 3 is 2.58 bits per heavy atom. The summed E-state index contributed by atoms with van der Waals surface area (Å²) in [6.07, 6.45) is -1.67. The van der Waals surface area contributed by atoms with Gasteiger partial charge in [-0.1, -0.05) is 30.3 Å². The largest absolute Gasteiger partial charge is 0.406 e. The summed E-state index contributed by atoms with van der Waals surface area (Å²) in [5.74, 6) is -0.702. The average molecular weight is 334 g/mol. The number of nitrogens with zero attached hydrogens (tertiary/aromatic N) is 4. The molecule has 0 atom stereocenters. The summed E-state index contributed by atoms with van der Waals surface area (Å²) in [6.45, 7) is -1.44. The van der Waals surface area contributed by atoms with Crippen LogP contribution in [0.4, 0.5) is 13.2 Å². The number of fused-ring (bicyclic) bond motifs is 1. The molecule has 124 valence electrons. The Balaban J connectivity index is 1.89. The van der Waals surface area contributed by atoms with Crippen molar-refractivity contribution in [1.29, 1.82) is 0 Å². The van der Waals surface area contributed by atoms with Crippen molar-refractivity contribution in [2.75, 3.05) is 6.54 Å². The van der Waals surface area contributed by atoms with Crippen LogP contribution in [-0.4, -0.2) is 38.1 Å². The van der Waals surface area contributed by atoms with Crippen molar-refractivity contribution in [3.05, 3.63) is 66.1 Å². The van der Waals surface area contributed by atoms with E-state index in [-0.39, 0.29) is 12.1 Å². The number of carbonyl (C=O) groups excluding carboxylic acids is 1. The van der Waals surface area contributed by atoms with Gasteiger partial charge in [0.2, 0.25) is 0 Å². The Bertz CT molecular complexity index is 845. The fraction of sp³-hybridized carbons (Fsp3) is 0.188. The summed E-state index contributed by atoms with van der Waals surface area (Å²) in [7, 11) is 0. The molecule has 1 amide bonds. The summed E-state index contributed by atoms with van der Waals surface area (Å²) in [6, 6.07) is 11.5. The molecule has 0 aliphatic rings. The van der Waals surface area contributed by atoms with E-state index in [2.05, 4.69) is 10.2 Å². The van der Waals surface area contributed by atoms with Crippen molar-refractivity contribution in [2.45, 2.75) is 12.7 Å². The minimum Gasteiger partial charge on any atom is -0.325 e. The van der Waals surface area contributed by atoms with Gasteiger partial charge in [0.05, 0.1) is 5.56 Å². The first-order valence-electron chi connectivity index (χ1n) is 7.12. The lowest BCUT2D eigenvalue weighted by atomic mass is 10.2. The molecule has 0 aliphatic heterocycles. The van der Waals surface area contributed by atoms with Crippen LogP contribution in [0.2, 0.25) is 0 Å². The van der Waals surface area contributed by atoms with Gasteiger partial charge in [0.25, 0.3) is 5.91 Å². The van der Waals surface area contributed by atoms with Gasteiger partial charge >= 0.3 is 6.18 Å². The predicted molar refractivity (Wildman–Crippen MR) is 80.2 cm³/mol. The van der Waals surface area contributed by atoms with Crippen molar-refractivity contribution < 1.29 is 18.0 Å². The Kier molecular flexibility index (Phi) is 4.20. The summed E-state index contributed by atoms with van der Waals surface area (Å²) in [5, 5.41) is 7.48. The standard InChI is InChI=1S/C16H13F3N4O/c17-16(18,19)10-22(8-12-4-2-1-3-5-12)15(24)13-6-7-14-21-20-11-23(14)9-13/h1-7,9,11H,8,10H2. The first-order chi connectivity index (χ1) is 11.4. The molecule has 0 N–H and O–H groups in total. The van der Waals surface area contributed by atoms with Gasteiger partial charge in [-0.2, -0.15) is 13.2 Å². The average Bonchev–Trinajstić information content (AvgIpc) is 3.01. The zero-order chi connectivity index (χ0) is 17.2. The number of rotatable bonds is 4. The third-order valence-electron chi connectivity index (χ3n) is 3.41. The first-order valence-corrected chi connectivity index (χ1v) is 7.12. The van der Waals surface area contributed by atoms with Gasteiger partial charge in [0.15, 0.2) is 5.65 Å². The SMILES string of the molecule is O=C(c1ccc2nncn2c1)N(Cc1ccccc1)CC(F)(F)F. The van der Waals surface area contributed by atoms with Crippen molar-refractivity contribution in [1.82, 2.24) is 19.5 Å². The third-order valence-corrected chi connectivity index (χ3v) is 3.41. The molecule has 0 spiro atoms. The smallest absolute Gasteiger partial charge is 0.325 e. The number of amides is 1. The maximum absolute atomic E-state index is 12.9. The lowest BCUT2D eigenvalue weighted by molar-refractivity contribution is -0.141. The lowest BCUT2D eigenvalue weighted by Crippen LogP contribution is -2.38. The van der Waals surface area contributed by atoms with E-state index in [1.807, 2.05) is 0 Å². The van der Waals surface area contributed by atoms with Gasteiger partial charge in [0, 0.05) is 12.7 Å². The number of aromatic nitrogens is 3. The maximum Gasteiger partial charge on any atom is 0.406 e. The van der Waals surface area contributed by atoms with E-state index in [1.165, 1.54) is 29.1 Å². The van der Waals surface area contributed by atoms with E-state index in [0.29, 0.717) is 11.2 Å². The lowest BCUT2D eigenvalue weighted by Gasteiger charge is -2.24. The second-order valence-corrected chi connectivity index (χ2v) is 5.28. The minimum absolute atomic E-state index is 0.126. The van der Waals surface area contributed by atoms with Gasteiger partial charge in [-0.05, 0) is 17.7 Å². The highest BCUT2D eigenvalue weighted by molar-refractivity contribution is 5.94. The second kappa shape index (κ2) is 6.31. The molecule has 0 saturated heterocycles. The molecule has 2 aromatic heterocycles. The van der Waals surface area contributed by atoms with E-state index in [9.17, 15) is 18.0 Å². The number of benzene rings is 1. The monoisotopic (exact) mass is 334 g/mol. The number of hydrogen-bond acceptors (Lipinski definition) is 3. The van der Waals surface area contributed by atoms with Gasteiger partial charge in [0.1, 0.15) is 12.9 Å². The molecule has 0 fully saturated rings. The van der Waals surface area contributed by atoms with E-state index in [1.54, 1.807) is 30.3 Å². The highest BCUT2D eigenvalue weighted by Crippen LogP contribution is 2.20. The van der Waals surface area contributed by atoms with Crippen LogP contribution in [0.25, 0.3) is 5.65 Å². The van der Waals surface area contributed by atoms with E-state index >= 15 is 0 Å². The van der Waals surface area contributed by atoms with Crippen LogP contribution < -0.4 is 0 Å². The van der Waals surface area contributed by atoms with Crippen LogP contribution in [0.3, 0.4) is 0 Å². The Labute approximate surface area is 135 Å². The van der Waals surface area contributed by atoms with Crippen LogP contribution in [0, 0.1) is 0 Å². The third kappa shape index (κ3) is 3.70. The molecule has 0 bridgehead atoms. The molecule has 0 radical (unpaired) electrons. The highest BCUT2D eigenvalue weighted by Gasteiger charge is 2.33. The molecule has 3 rings (SSSR count). The molecule has 1 aromatic carbocycles. The van der Waals surface area contributed by atoms with Gasteiger partial charge in [-0.25, -0.2) is 0 Å². The molecule has 0 unspecified atom stereocenters. The van der Waals surface area contributed by atoms with Crippen LogP contribution in [-0.2, 0) is 6.54 Å². The van der Waals surface area contributed by atoms with Gasteiger partial charge < -0.3 is 4.90 Å². The fourth-order valence-corrected chi connectivity index (χ4v) is 2.36. The molecular weight excluding hydrogens is 321 g/mol. The Morgan fingerprint density at radius 2 is 1.88 bits per heavy atom. The summed E-state index contributed by atoms with van der Waals surface area (Å²) < 4.78 is 40.1. The van der Waals surface area contributed by atoms with E-state index in [4.69, 9.17) is 0 Å². The summed E-state index contributed by atoms with van der Waals surface area (Å²) in [4.78, 5) is 13.3. The molecule has 24 heavy (non-hydrogen) atoms. The zero-order valence-corrected chi connectivity index (χ0v) is 12.4. The fourth-order valence-electron chi connectivity index (χ4n) is 2.36. The first kappa shape index (κ1) is 16.0. The topological polar surface area (TPSA) is 50.5 Å². The van der Waals surface area contributed by atoms with Crippen molar-refractivity contribution in [2.24, 2.45) is 0 Å².